The summed E-state index contributed by atoms with van der Waals surface area (Å²) in [6.45, 7) is 16.1. The van der Waals surface area contributed by atoms with Crippen molar-refractivity contribution in [3.63, 3.8) is 0 Å². The van der Waals surface area contributed by atoms with Gasteiger partial charge >= 0.3 is 0 Å². The molecule has 25 heavy (non-hydrogen) atoms. The third-order valence-corrected chi connectivity index (χ3v) is 9.87. The Bertz CT molecular complexity index is 675. The van der Waals surface area contributed by atoms with E-state index in [-0.39, 0.29) is 16.7 Å². The number of ether oxygens (including phenoxy) is 2. The van der Waals surface area contributed by atoms with Crippen LogP contribution in [0.1, 0.15) is 58.3 Å². The maximum Gasteiger partial charge on any atom is 0.192 e. The highest BCUT2D eigenvalue weighted by atomic mass is 28.4. The van der Waals surface area contributed by atoms with Crippen molar-refractivity contribution >= 4 is 8.32 Å². The molecule has 0 bridgehead atoms. The highest BCUT2D eigenvalue weighted by Crippen LogP contribution is 2.44. The molecule has 0 aliphatic carbocycles. The molecule has 1 unspecified atom stereocenters. The van der Waals surface area contributed by atoms with Crippen molar-refractivity contribution in [1.82, 2.24) is 0 Å². The van der Waals surface area contributed by atoms with Crippen LogP contribution >= 0.6 is 0 Å². The van der Waals surface area contributed by atoms with Crippen molar-refractivity contribution in [2.45, 2.75) is 70.9 Å². The average molecular weight is 361 g/mol. The standard InChI is InChI=1S/C21H32O3Si/c1-20(2,3)25(7,8)23-14-10-9-11-19-17-13-12-16(22-6)15-18(17)21(4,5)24-19/h12-13,15,19H,10,14H2,1-8H3. The van der Waals surface area contributed by atoms with Gasteiger partial charge in [-0.15, -0.1) is 0 Å². The van der Waals surface area contributed by atoms with Crippen LogP contribution in [0.5, 0.6) is 5.75 Å². The second-order valence-electron chi connectivity index (χ2n) is 8.64. The molecule has 4 heteroatoms. The van der Waals surface area contributed by atoms with Crippen molar-refractivity contribution < 1.29 is 13.9 Å². The van der Waals surface area contributed by atoms with Gasteiger partial charge in [-0.1, -0.05) is 38.7 Å². The Hall–Kier alpha value is -1.28. The fourth-order valence-electron chi connectivity index (χ4n) is 2.68. The zero-order chi connectivity index (χ0) is 18.9. The van der Waals surface area contributed by atoms with Gasteiger partial charge in [-0.2, -0.15) is 0 Å². The van der Waals surface area contributed by atoms with Gasteiger partial charge in [0.1, 0.15) is 11.9 Å². The molecule has 0 aromatic heterocycles. The number of fused-ring (bicyclic) bond motifs is 1. The summed E-state index contributed by atoms with van der Waals surface area (Å²) in [6.07, 6.45) is 0.557. The van der Waals surface area contributed by atoms with Crippen LogP contribution in [0, 0.1) is 11.8 Å². The van der Waals surface area contributed by atoms with Gasteiger partial charge in [0, 0.05) is 13.0 Å². The van der Waals surface area contributed by atoms with Crippen molar-refractivity contribution in [2.75, 3.05) is 13.7 Å². The number of methoxy groups -OCH3 is 1. The highest BCUT2D eigenvalue weighted by molar-refractivity contribution is 6.74. The predicted molar refractivity (Wildman–Crippen MR) is 105 cm³/mol. The van der Waals surface area contributed by atoms with Crippen LogP contribution in [0.4, 0.5) is 0 Å². The lowest BCUT2D eigenvalue weighted by molar-refractivity contribution is -0.0268. The Morgan fingerprint density at radius 1 is 1.24 bits per heavy atom. The van der Waals surface area contributed by atoms with E-state index >= 15 is 0 Å². The second-order valence-corrected chi connectivity index (χ2v) is 13.5. The van der Waals surface area contributed by atoms with E-state index in [0.717, 1.165) is 23.3 Å². The Balaban J connectivity index is 2.01. The van der Waals surface area contributed by atoms with Crippen LogP contribution in [0.25, 0.3) is 0 Å². The maximum absolute atomic E-state index is 6.18. The first kappa shape index (κ1) is 20.0. The van der Waals surface area contributed by atoms with Crippen molar-refractivity contribution in [3.05, 3.63) is 29.3 Å². The molecule has 3 nitrogen and oxygen atoms in total. The zero-order valence-electron chi connectivity index (χ0n) is 16.9. The molecule has 0 spiro atoms. The molecule has 138 valence electrons. The van der Waals surface area contributed by atoms with Gasteiger partial charge in [0.25, 0.3) is 0 Å². The van der Waals surface area contributed by atoms with Gasteiger partial charge in [-0.25, -0.2) is 0 Å². The lowest BCUT2D eigenvalue weighted by Gasteiger charge is -2.35. The minimum Gasteiger partial charge on any atom is -0.497 e. The molecule has 0 saturated carbocycles. The summed E-state index contributed by atoms with van der Waals surface area (Å²) in [6, 6.07) is 6.09. The van der Waals surface area contributed by atoms with Gasteiger partial charge in [0.15, 0.2) is 8.32 Å². The fourth-order valence-corrected chi connectivity index (χ4v) is 3.73. The number of hydrogen-bond donors (Lipinski definition) is 0. The maximum atomic E-state index is 6.18. The van der Waals surface area contributed by atoms with E-state index < -0.39 is 8.32 Å². The Kier molecular flexibility index (Phi) is 5.73. The molecule has 2 rings (SSSR count). The largest absolute Gasteiger partial charge is 0.497 e. The first-order valence-electron chi connectivity index (χ1n) is 8.96. The summed E-state index contributed by atoms with van der Waals surface area (Å²) in [7, 11) is -0.00580. The summed E-state index contributed by atoms with van der Waals surface area (Å²) in [5, 5.41) is 0.233. The molecular formula is C21H32O3Si. The predicted octanol–water partition coefficient (Wildman–Crippen LogP) is 5.42. The number of hydrogen-bond acceptors (Lipinski definition) is 3. The smallest absolute Gasteiger partial charge is 0.192 e. The van der Waals surface area contributed by atoms with E-state index in [1.54, 1.807) is 7.11 Å². The van der Waals surface area contributed by atoms with Crippen molar-refractivity contribution in [2.24, 2.45) is 0 Å². The van der Waals surface area contributed by atoms with Crippen LogP contribution in [-0.2, 0) is 14.8 Å². The number of rotatable bonds is 4. The normalized spacial score (nSPS) is 19.1. The number of benzene rings is 1. The highest BCUT2D eigenvalue weighted by Gasteiger charge is 2.38. The fraction of sp³-hybridized carbons (Fsp3) is 0.619. The van der Waals surface area contributed by atoms with E-state index in [1.807, 2.05) is 6.07 Å². The summed E-state index contributed by atoms with van der Waals surface area (Å²) in [5.74, 6) is 7.38. The summed E-state index contributed by atoms with van der Waals surface area (Å²) in [4.78, 5) is 0. The Labute approximate surface area is 154 Å². The van der Waals surface area contributed by atoms with E-state index in [1.165, 1.54) is 0 Å². The summed E-state index contributed by atoms with van der Waals surface area (Å²) in [5.41, 5.74) is 1.95. The SMILES string of the molecule is COc1ccc2c(c1)C(C)(C)OC2C#CCCO[Si](C)(C)C(C)(C)C. The minimum atomic E-state index is -1.69. The van der Waals surface area contributed by atoms with Crippen molar-refractivity contribution in [1.29, 1.82) is 0 Å². The van der Waals surface area contributed by atoms with E-state index in [2.05, 4.69) is 71.7 Å². The van der Waals surface area contributed by atoms with E-state index in [4.69, 9.17) is 13.9 Å². The first-order valence-corrected chi connectivity index (χ1v) is 11.9. The molecule has 1 aromatic carbocycles. The zero-order valence-corrected chi connectivity index (χ0v) is 17.9. The van der Waals surface area contributed by atoms with E-state index in [9.17, 15) is 0 Å². The molecule has 1 atom stereocenters. The van der Waals surface area contributed by atoms with Gasteiger partial charge in [0.05, 0.1) is 12.7 Å². The van der Waals surface area contributed by atoms with Crippen LogP contribution in [0.15, 0.2) is 18.2 Å². The van der Waals surface area contributed by atoms with Gasteiger partial charge < -0.3 is 13.9 Å². The molecule has 0 amide bonds. The molecule has 1 aliphatic rings. The quantitative estimate of drug-likeness (QED) is 0.408. The minimum absolute atomic E-state index is 0.177. The Morgan fingerprint density at radius 3 is 2.52 bits per heavy atom. The van der Waals surface area contributed by atoms with Crippen LogP contribution in [-0.4, -0.2) is 22.0 Å². The average Bonchev–Trinajstić information content (AvgIpc) is 2.76. The monoisotopic (exact) mass is 360 g/mol. The molecular weight excluding hydrogens is 328 g/mol. The molecule has 1 aliphatic heterocycles. The first-order chi connectivity index (χ1) is 11.5. The Morgan fingerprint density at radius 2 is 1.92 bits per heavy atom. The van der Waals surface area contributed by atoms with Crippen LogP contribution in [0.3, 0.4) is 0 Å². The van der Waals surface area contributed by atoms with Gasteiger partial charge in [0.2, 0.25) is 0 Å². The topological polar surface area (TPSA) is 27.7 Å². The third-order valence-electron chi connectivity index (χ3n) is 5.33. The third kappa shape index (κ3) is 4.47. The van der Waals surface area contributed by atoms with E-state index in [0.29, 0.717) is 6.61 Å². The van der Waals surface area contributed by atoms with Crippen LogP contribution in [0.2, 0.25) is 18.1 Å². The molecule has 0 saturated heterocycles. The lowest BCUT2D eigenvalue weighted by Crippen LogP contribution is -2.40. The molecule has 1 aromatic rings. The molecule has 0 fully saturated rings. The van der Waals surface area contributed by atoms with Gasteiger partial charge in [-0.3, -0.25) is 0 Å². The molecule has 0 N–H and O–H groups in total. The molecule has 0 radical (unpaired) electrons. The summed E-state index contributed by atoms with van der Waals surface area (Å²) < 4.78 is 17.7. The summed E-state index contributed by atoms with van der Waals surface area (Å²) >= 11 is 0. The van der Waals surface area contributed by atoms with Crippen LogP contribution < -0.4 is 4.74 Å². The lowest BCUT2D eigenvalue weighted by atomic mass is 9.94. The molecule has 1 heterocycles. The second kappa shape index (κ2) is 7.15. The van der Waals surface area contributed by atoms with Gasteiger partial charge in [-0.05, 0) is 55.2 Å². The van der Waals surface area contributed by atoms with Crippen molar-refractivity contribution in [3.8, 4) is 17.6 Å².